The van der Waals surface area contributed by atoms with Gasteiger partial charge in [-0.05, 0) is 24.3 Å². The van der Waals surface area contributed by atoms with Crippen molar-refractivity contribution in [1.82, 2.24) is 4.57 Å². The third kappa shape index (κ3) is 3.81. The summed E-state index contributed by atoms with van der Waals surface area (Å²) in [4.78, 5) is 36.1. The second kappa shape index (κ2) is 7.45. The molecule has 0 unspecified atom stereocenters. The summed E-state index contributed by atoms with van der Waals surface area (Å²) < 4.78 is 6.46. The van der Waals surface area contributed by atoms with Crippen LogP contribution in [0, 0.1) is 0 Å². The van der Waals surface area contributed by atoms with Crippen LogP contribution in [0.15, 0.2) is 41.3 Å². The van der Waals surface area contributed by atoms with E-state index in [0.717, 1.165) is 0 Å². The summed E-state index contributed by atoms with van der Waals surface area (Å²) in [5, 5.41) is 5.35. The van der Waals surface area contributed by atoms with Crippen LogP contribution in [-0.2, 0) is 11.8 Å². The van der Waals surface area contributed by atoms with Crippen molar-refractivity contribution >= 4 is 23.2 Å². The van der Waals surface area contributed by atoms with E-state index < -0.39 is 11.5 Å². The van der Waals surface area contributed by atoms with Gasteiger partial charge in [-0.3, -0.25) is 14.4 Å². The standard InChI is InChI=1S/C17H19N3O4/c1-4-15(21)18-13-8-7-11(24-3)10-14(13)19-16(22)12-6-5-9-20(2)17(12)23/h5-10H,4H2,1-3H3,(H,18,21)(H,19,22). The monoisotopic (exact) mass is 329 g/mol. The molecule has 7 heteroatoms. The summed E-state index contributed by atoms with van der Waals surface area (Å²) >= 11 is 0. The van der Waals surface area contributed by atoms with E-state index in [1.54, 1.807) is 44.4 Å². The summed E-state index contributed by atoms with van der Waals surface area (Å²) in [6.45, 7) is 1.73. The summed E-state index contributed by atoms with van der Waals surface area (Å²) in [5.74, 6) is -0.233. The number of nitrogens with zero attached hydrogens (tertiary/aromatic N) is 1. The average molecular weight is 329 g/mol. The molecule has 7 nitrogen and oxygen atoms in total. The molecule has 126 valence electrons. The number of nitrogens with one attached hydrogen (secondary N) is 2. The Kier molecular flexibility index (Phi) is 5.36. The van der Waals surface area contributed by atoms with Gasteiger partial charge in [0.1, 0.15) is 11.3 Å². The average Bonchev–Trinajstić information content (AvgIpc) is 2.58. The molecule has 0 saturated carbocycles. The number of amides is 2. The Morgan fingerprint density at radius 1 is 1.17 bits per heavy atom. The van der Waals surface area contributed by atoms with Gasteiger partial charge >= 0.3 is 0 Å². The second-order valence-electron chi connectivity index (χ2n) is 5.11. The highest BCUT2D eigenvalue weighted by molar-refractivity contribution is 6.07. The van der Waals surface area contributed by atoms with Gasteiger partial charge in [0.15, 0.2) is 0 Å². The summed E-state index contributed by atoms with van der Waals surface area (Å²) in [7, 11) is 3.07. The summed E-state index contributed by atoms with van der Waals surface area (Å²) in [5.41, 5.74) is 0.392. The molecule has 0 radical (unpaired) electrons. The molecule has 0 aliphatic rings. The molecule has 0 spiro atoms. The molecule has 2 amide bonds. The Hall–Kier alpha value is -3.09. The maximum absolute atomic E-state index is 12.4. The smallest absolute Gasteiger partial charge is 0.263 e. The summed E-state index contributed by atoms with van der Waals surface area (Å²) in [6.07, 6.45) is 1.87. The van der Waals surface area contributed by atoms with Gasteiger partial charge in [-0.2, -0.15) is 0 Å². The van der Waals surface area contributed by atoms with E-state index in [2.05, 4.69) is 10.6 Å². The Bertz CT molecular complexity index is 827. The molecule has 0 fully saturated rings. The SMILES string of the molecule is CCC(=O)Nc1ccc(OC)cc1NC(=O)c1cccn(C)c1=O. The first-order valence-electron chi connectivity index (χ1n) is 7.41. The highest BCUT2D eigenvalue weighted by Crippen LogP contribution is 2.27. The van der Waals surface area contributed by atoms with Gasteiger partial charge in [-0.15, -0.1) is 0 Å². The minimum absolute atomic E-state index is 0.00980. The zero-order chi connectivity index (χ0) is 17.7. The largest absolute Gasteiger partial charge is 0.497 e. The van der Waals surface area contributed by atoms with Crippen molar-refractivity contribution in [2.45, 2.75) is 13.3 Å². The topological polar surface area (TPSA) is 89.4 Å². The molecule has 2 aromatic rings. The van der Waals surface area contributed by atoms with E-state index in [-0.39, 0.29) is 11.5 Å². The number of carbonyl (C=O) groups is 2. The molecule has 0 aliphatic carbocycles. The molecule has 2 N–H and O–H groups in total. The molecule has 1 aromatic carbocycles. The molecule has 0 bridgehead atoms. The summed E-state index contributed by atoms with van der Waals surface area (Å²) in [6, 6.07) is 7.94. The van der Waals surface area contributed by atoms with Crippen LogP contribution in [0.2, 0.25) is 0 Å². The molecular formula is C17H19N3O4. The van der Waals surface area contributed by atoms with Crippen LogP contribution in [0.1, 0.15) is 23.7 Å². The Labute approximate surface area is 139 Å². The highest BCUT2D eigenvalue weighted by Gasteiger charge is 2.15. The fourth-order valence-corrected chi connectivity index (χ4v) is 2.06. The molecule has 1 heterocycles. The zero-order valence-corrected chi connectivity index (χ0v) is 13.8. The van der Waals surface area contributed by atoms with Gasteiger partial charge in [-0.1, -0.05) is 6.92 Å². The number of methoxy groups -OCH3 is 1. The number of rotatable bonds is 5. The number of hydrogen-bond acceptors (Lipinski definition) is 4. The molecule has 1 aromatic heterocycles. The van der Waals surface area contributed by atoms with Gasteiger partial charge in [0.2, 0.25) is 5.91 Å². The number of pyridine rings is 1. The van der Waals surface area contributed by atoms with Crippen LogP contribution in [-0.4, -0.2) is 23.5 Å². The lowest BCUT2D eigenvalue weighted by Crippen LogP contribution is -2.27. The zero-order valence-electron chi connectivity index (χ0n) is 13.8. The maximum Gasteiger partial charge on any atom is 0.263 e. The Morgan fingerprint density at radius 2 is 1.92 bits per heavy atom. The van der Waals surface area contributed by atoms with E-state index in [4.69, 9.17) is 4.74 Å². The van der Waals surface area contributed by atoms with Crippen molar-refractivity contribution in [2.24, 2.45) is 7.05 Å². The maximum atomic E-state index is 12.4. The highest BCUT2D eigenvalue weighted by atomic mass is 16.5. The van der Waals surface area contributed by atoms with Crippen LogP contribution in [0.4, 0.5) is 11.4 Å². The molecule has 24 heavy (non-hydrogen) atoms. The second-order valence-corrected chi connectivity index (χ2v) is 5.11. The lowest BCUT2D eigenvalue weighted by atomic mass is 10.2. The Morgan fingerprint density at radius 3 is 2.58 bits per heavy atom. The molecule has 0 aliphatic heterocycles. The van der Waals surface area contributed by atoms with Crippen LogP contribution >= 0.6 is 0 Å². The van der Waals surface area contributed by atoms with Crippen molar-refractivity contribution in [3.63, 3.8) is 0 Å². The van der Waals surface area contributed by atoms with Crippen LogP contribution < -0.4 is 20.9 Å². The number of aryl methyl sites for hydroxylation is 1. The fourth-order valence-electron chi connectivity index (χ4n) is 2.06. The molecular weight excluding hydrogens is 310 g/mol. The number of carbonyl (C=O) groups excluding carboxylic acids is 2. The normalized spacial score (nSPS) is 10.1. The minimum atomic E-state index is -0.559. The van der Waals surface area contributed by atoms with Gasteiger partial charge in [-0.25, -0.2) is 0 Å². The fraction of sp³-hybridized carbons (Fsp3) is 0.235. The van der Waals surface area contributed by atoms with Gasteiger partial charge < -0.3 is 19.9 Å². The van der Waals surface area contributed by atoms with Crippen LogP contribution in [0.3, 0.4) is 0 Å². The van der Waals surface area contributed by atoms with Gasteiger partial charge in [0.25, 0.3) is 11.5 Å². The number of anilines is 2. The number of aromatic nitrogens is 1. The molecule has 2 rings (SSSR count). The van der Waals surface area contributed by atoms with Crippen LogP contribution in [0.5, 0.6) is 5.75 Å². The lowest BCUT2D eigenvalue weighted by molar-refractivity contribution is -0.115. The van der Waals surface area contributed by atoms with Crippen LogP contribution in [0.25, 0.3) is 0 Å². The van der Waals surface area contributed by atoms with Gasteiger partial charge in [0, 0.05) is 25.7 Å². The Balaban J connectivity index is 2.36. The van der Waals surface area contributed by atoms with Crippen molar-refractivity contribution in [1.29, 1.82) is 0 Å². The van der Waals surface area contributed by atoms with E-state index >= 15 is 0 Å². The third-order valence-corrected chi connectivity index (χ3v) is 3.44. The first-order chi connectivity index (χ1) is 11.5. The van der Waals surface area contributed by atoms with Crippen molar-refractivity contribution in [2.75, 3.05) is 17.7 Å². The van der Waals surface area contributed by atoms with Crippen molar-refractivity contribution < 1.29 is 14.3 Å². The van der Waals surface area contributed by atoms with Gasteiger partial charge in [0.05, 0.1) is 18.5 Å². The number of hydrogen-bond donors (Lipinski definition) is 2. The van der Waals surface area contributed by atoms with Crippen molar-refractivity contribution in [3.05, 3.63) is 52.4 Å². The molecule has 0 atom stereocenters. The minimum Gasteiger partial charge on any atom is -0.497 e. The predicted octanol–water partition coefficient (Wildman–Crippen LogP) is 1.99. The molecule has 0 saturated heterocycles. The first-order valence-corrected chi connectivity index (χ1v) is 7.41. The first kappa shape index (κ1) is 17.3. The van der Waals surface area contributed by atoms with E-state index in [1.165, 1.54) is 17.7 Å². The quantitative estimate of drug-likeness (QED) is 0.878. The number of benzene rings is 1. The number of ether oxygens (including phenoxy) is 1. The lowest BCUT2D eigenvalue weighted by Gasteiger charge is -2.13. The van der Waals surface area contributed by atoms with E-state index in [0.29, 0.717) is 23.5 Å². The van der Waals surface area contributed by atoms with E-state index in [1.807, 2.05) is 0 Å². The van der Waals surface area contributed by atoms with E-state index in [9.17, 15) is 14.4 Å². The predicted molar refractivity (Wildman–Crippen MR) is 91.6 cm³/mol. The third-order valence-electron chi connectivity index (χ3n) is 3.44. The van der Waals surface area contributed by atoms with Crippen molar-refractivity contribution in [3.8, 4) is 5.75 Å².